The fraction of sp³-hybridized carbons (Fsp3) is 0.235. The van der Waals surface area contributed by atoms with Gasteiger partial charge in [-0.25, -0.2) is 8.42 Å². The standard InChI is InChI=1S/C17H17BrClNO4S/c1-11-3-9-14(10-4-11)25(22,23)20-16(17(21)24-2)15(18)12-5-7-13(19)8-6-12/h3-10,15-16,20H,1-2H3/t15-,16-/m0/s1. The smallest absolute Gasteiger partial charge is 0.325 e. The lowest BCUT2D eigenvalue weighted by molar-refractivity contribution is -0.142. The molecule has 0 unspecified atom stereocenters. The molecule has 0 aliphatic heterocycles. The molecule has 8 heteroatoms. The Balaban J connectivity index is 2.32. The van der Waals surface area contributed by atoms with Crippen LogP contribution in [0.2, 0.25) is 5.02 Å². The van der Waals surface area contributed by atoms with Gasteiger partial charge < -0.3 is 4.74 Å². The zero-order chi connectivity index (χ0) is 18.6. The summed E-state index contributed by atoms with van der Waals surface area (Å²) in [7, 11) is -2.69. The summed E-state index contributed by atoms with van der Waals surface area (Å²) < 4.78 is 32.4. The number of methoxy groups -OCH3 is 1. The van der Waals surface area contributed by atoms with Crippen LogP contribution in [-0.2, 0) is 19.6 Å². The molecule has 0 bridgehead atoms. The quantitative estimate of drug-likeness (QED) is 0.543. The Morgan fingerprint density at radius 1 is 1.12 bits per heavy atom. The van der Waals surface area contributed by atoms with E-state index in [2.05, 4.69) is 20.7 Å². The lowest BCUT2D eigenvalue weighted by Crippen LogP contribution is -2.44. The van der Waals surface area contributed by atoms with E-state index < -0.39 is 26.9 Å². The highest BCUT2D eigenvalue weighted by molar-refractivity contribution is 9.09. The molecule has 1 N–H and O–H groups in total. The summed E-state index contributed by atoms with van der Waals surface area (Å²) in [5.41, 5.74) is 1.62. The van der Waals surface area contributed by atoms with Crippen molar-refractivity contribution < 1.29 is 17.9 Å². The molecule has 134 valence electrons. The van der Waals surface area contributed by atoms with Crippen molar-refractivity contribution in [3.05, 3.63) is 64.7 Å². The van der Waals surface area contributed by atoms with Crippen molar-refractivity contribution in [3.63, 3.8) is 0 Å². The van der Waals surface area contributed by atoms with Gasteiger partial charge in [-0.2, -0.15) is 4.72 Å². The van der Waals surface area contributed by atoms with Crippen LogP contribution in [0.4, 0.5) is 0 Å². The highest BCUT2D eigenvalue weighted by Gasteiger charge is 2.33. The first-order valence-corrected chi connectivity index (χ1v) is 10.1. The number of hydrogen-bond acceptors (Lipinski definition) is 4. The molecule has 2 atom stereocenters. The number of rotatable bonds is 6. The maximum Gasteiger partial charge on any atom is 0.325 e. The van der Waals surface area contributed by atoms with Gasteiger partial charge in [-0.15, -0.1) is 0 Å². The van der Waals surface area contributed by atoms with Gasteiger partial charge >= 0.3 is 5.97 Å². The minimum Gasteiger partial charge on any atom is -0.468 e. The molecule has 2 aromatic rings. The van der Waals surface area contributed by atoms with Crippen LogP contribution in [0.3, 0.4) is 0 Å². The Morgan fingerprint density at radius 3 is 2.20 bits per heavy atom. The van der Waals surface area contributed by atoms with Crippen molar-refractivity contribution >= 4 is 43.5 Å². The largest absolute Gasteiger partial charge is 0.468 e. The third-order valence-corrected chi connectivity index (χ3v) is 6.32. The minimum atomic E-state index is -3.90. The fourth-order valence-electron chi connectivity index (χ4n) is 2.15. The predicted molar refractivity (Wildman–Crippen MR) is 100 cm³/mol. The Labute approximate surface area is 160 Å². The average molecular weight is 447 g/mol. The van der Waals surface area contributed by atoms with Crippen LogP contribution in [0.1, 0.15) is 16.0 Å². The monoisotopic (exact) mass is 445 g/mol. The molecule has 0 aromatic heterocycles. The number of sulfonamides is 1. The normalized spacial score (nSPS) is 13.9. The Morgan fingerprint density at radius 2 is 1.68 bits per heavy atom. The number of ether oxygens (including phenoxy) is 1. The Kier molecular flexibility index (Phi) is 6.62. The summed E-state index contributed by atoms with van der Waals surface area (Å²) in [6.07, 6.45) is 0. The number of carbonyl (C=O) groups is 1. The van der Waals surface area contributed by atoms with Gasteiger partial charge in [0.25, 0.3) is 0 Å². The maximum atomic E-state index is 12.6. The molecule has 2 rings (SSSR count). The maximum absolute atomic E-state index is 12.6. The van der Waals surface area contributed by atoms with Gasteiger partial charge in [-0.1, -0.05) is 57.4 Å². The highest BCUT2D eigenvalue weighted by Crippen LogP contribution is 2.29. The van der Waals surface area contributed by atoms with Crippen molar-refractivity contribution in [2.24, 2.45) is 0 Å². The van der Waals surface area contributed by atoms with Crippen molar-refractivity contribution in [2.75, 3.05) is 7.11 Å². The average Bonchev–Trinajstić information content (AvgIpc) is 2.59. The molecule has 0 heterocycles. The van der Waals surface area contributed by atoms with Crippen LogP contribution >= 0.6 is 27.5 Å². The SMILES string of the molecule is COC(=O)[C@@H](NS(=O)(=O)c1ccc(C)cc1)[C@@H](Br)c1ccc(Cl)cc1. The summed E-state index contributed by atoms with van der Waals surface area (Å²) in [6, 6.07) is 11.9. The zero-order valence-corrected chi connectivity index (χ0v) is 16.7. The first-order valence-electron chi connectivity index (χ1n) is 7.31. The molecule has 2 aromatic carbocycles. The van der Waals surface area contributed by atoms with E-state index >= 15 is 0 Å². The van der Waals surface area contributed by atoms with Gasteiger partial charge in [0, 0.05) is 5.02 Å². The minimum absolute atomic E-state index is 0.0720. The summed E-state index contributed by atoms with van der Waals surface area (Å²) >= 11 is 9.25. The molecule has 5 nitrogen and oxygen atoms in total. The number of esters is 1. The number of benzene rings is 2. The molecule has 0 radical (unpaired) electrons. The number of alkyl halides is 1. The van der Waals surface area contributed by atoms with E-state index in [-0.39, 0.29) is 4.90 Å². The van der Waals surface area contributed by atoms with E-state index in [1.165, 1.54) is 19.2 Å². The predicted octanol–water partition coefficient (Wildman–Crippen LogP) is 3.60. The molecule has 0 aliphatic rings. The van der Waals surface area contributed by atoms with E-state index in [9.17, 15) is 13.2 Å². The Hall–Kier alpha value is -1.41. The summed E-state index contributed by atoms with van der Waals surface area (Å²) in [6.45, 7) is 1.86. The molecular weight excluding hydrogens is 430 g/mol. The summed E-state index contributed by atoms with van der Waals surface area (Å²) in [5.74, 6) is -0.701. The number of halogens is 2. The second-order valence-corrected chi connectivity index (χ2v) is 8.53. The molecule has 0 spiro atoms. The number of hydrogen-bond donors (Lipinski definition) is 1. The third kappa shape index (κ3) is 5.04. The van der Waals surface area contributed by atoms with Gasteiger partial charge in [0.05, 0.1) is 16.8 Å². The van der Waals surface area contributed by atoms with E-state index in [0.717, 1.165) is 5.56 Å². The van der Waals surface area contributed by atoms with Crippen molar-refractivity contribution in [3.8, 4) is 0 Å². The van der Waals surface area contributed by atoms with E-state index in [1.54, 1.807) is 36.4 Å². The van der Waals surface area contributed by atoms with Crippen LogP contribution in [0, 0.1) is 6.92 Å². The van der Waals surface area contributed by atoms with E-state index in [1.807, 2.05) is 6.92 Å². The van der Waals surface area contributed by atoms with Gasteiger partial charge in [-0.05, 0) is 36.8 Å². The molecular formula is C17H17BrClNO4S. The highest BCUT2D eigenvalue weighted by atomic mass is 79.9. The third-order valence-electron chi connectivity index (χ3n) is 3.55. The van der Waals surface area contributed by atoms with E-state index in [4.69, 9.17) is 16.3 Å². The van der Waals surface area contributed by atoms with Crippen LogP contribution in [0.15, 0.2) is 53.4 Å². The first-order chi connectivity index (χ1) is 11.7. The zero-order valence-electron chi connectivity index (χ0n) is 13.6. The summed E-state index contributed by atoms with van der Waals surface area (Å²) in [5, 5.41) is 0.540. The Bertz CT molecular complexity index is 838. The lowest BCUT2D eigenvalue weighted by atomic mass is 10.1. The van der Waals surface area contributed by atoms with Gasteiger partial charge in [0.1, 0.15) is 6.04 Å². The molecule has 0 saturated carbocycles. The van der Waals surface area contributed by atoms with Crippen LogP contribution < -0.4 is 4.72 Å². The van der Waals surface area contributed by atoms with Crippen molar-refractivity contribution in [2.45, 2.75) is 22.7 Å². The van der Waals surface area contributed by atoms with E-state index in [0.29, 0.717) is 10.6 Å². The van der Waals surface area contributed by atoms with Crippen LogP contribution in [-0.4, -0.2) is 27.5 Å². The first kappa shape index (κ1) is 19.9. The lowest BCUT2D eigenvalue weighted by Gasteiger charge is -2.22. The van der Waals surface area contributed by atoms with Crippen molar-refractivity contribution in [1.82, 2.24) is 4.72 Å². The fourth-order valence-corrected chi connectivity index (χ4v) is 4.30. The van der Waals surface area contributed by atoms with Crippen LogP contribution in [0.25, 0.3) is 0 Å². The molecule has 0 amide bonds. The molecule has 0 saturated heterocycles. The molecule has 25 heavy (non-hydrogen) atoms. The number of aryl methyl sites for hydroxylation is 1. The van der Waals surface area contributed by atoms with Crippen LogP contribution in [0.5, 0.6) is 0 Å². The number of nitrogens with one attached hydrogen (secondary N) is 1. The topological polar surface area (TPSA) is 72.5 Å². The summed E-state index contributed by atoms with van der Waals surface area (Å²) in [4.78, 5) is 11.6. The second kappa shape index (κ2) is 8.31. The number of carbonyl (C=O) groups excluding carboxylic acids is 1. The van der Waals surface area contributed by atoms with Gasteiger partial charge in [0.15, 0.2) is 0 Å². The molecule has 0 fully saturated rings. The second-order valence-electron chi connectivity index (χ2n) is 5.39. The van der Waals surface area contributed by atoms with Gasteiger partial charge in [-0.3, -0.25) is 4.79 Å². The van der Waals surface area contributed by atoms with Gasteiger partial charge in [0.2, 0.25) is 10.0 Å². The van der Waals surface area contributed by atoms with Crippen molar-refractivity contribution in [1.29, 1.82) is 0 Å². The molecule has 0 aliphatic carbocycles.